The van der Waals surface area contributed by atoms with Gasteiger partial charge in [0.05, 0.1) is 12.2 Å². The molecule has 2 saturated carbocycles. The minimum atomic E-state index is -0.171. The first-order valence-corrected chi connectivity index (χ1v) is 7.42. The number of ether oxygens (including phenoxy) is 1. The number of carbonyl (C=O) groups is 1. The molecule has 0 bridgehead atoms. The summed E-state index contributed by atoms with van der Waals surface area (Å²) in [5.74, 6) is 0.429. The fourth-order valence-electron chi connectivity index (χ4n) is 3.20. The van der Waals surface area contributed by atoms with Crippen molar-refractivity contribution in [3.8, 4) is 0 Å². The van der Waals surface area contributed by atoms with Crippen molar-refractivity contribution < 1.29 is 14.6 Å². The van der Waals surface area contributed by atoms with Gasteiger partial charge in [0.15, 0.2) is 0 Å². The van der Waals surface area contributed by atoms with Crippen molar-refractivity contribution in [3.05, 3.63) is 0 Å². The fourth-order valence-corrected chi connectivity index (χ4v) is 3.20. The molecular formula is C14H26N2O3. The molecule has 0 aromatic heterocycles. The minimum Gasteiger partial charge on any atom is -0.393 e. The van der Waals surface area contributed by atoms with Gasteiger partial charge in [-0.1, -0.05) is 0 Å². The molecule has 0 spiro atoms. The van der Waals surface area contributed by atoms with E-state index in [0.29, 0.717) is 12.5 Å². The normalized spacial score (nSPS) is 35.1. The van der Waals surface area contributed by atoms with Crippen LogP contribution in [0.5, 0.6) is 0 Å². The van der Waals surface area contributed by atoms with Crippen LogP contribution in [-0.4, -0.2) is 43.0 Å². The lowest BCUT2D eigenvalue weighted by molar-refractivity contribution is 0.0604. The SMILES string of the molecule is CO[C@@H]1CCC[C@H](NC(=O)NC[C@H]2CC[C@H](O)C2)C1. The monoisotopic (exact) mass is 270 g/mol. The molecule has 19 heavy (non-hydrogen) atoms. The Hall–Kier alpha value is -0.810. The number of methoxy groups -OCH3 is 1. The maximum Gasteiger partial charge on any atom is 0.315 e. The van der Waals surface area contributed by atoms with Crippen LogP contribution in [0.15, 0.2) is 0 Å². The molecule has 5 nitrogen and oxygen atoms in total. The molecule has 0 aliphatic heterocycles. The van der Waals surface area contributed by atoms with Crippen LogP contribution < -0.4 is 10.6 Å². The van der Waals surface area contributed by atoms with Crippen LogP contribution in [0.25, 0.3) is 0 Å². The zero-order chi connectivity index (χ0) is 13.7. The Morgan fingerprint density at radius 2 is 2.11 bits per heavy atom. The summed E-state index contributed by atoms with van der Waals surface area (Å²) in [7, 11) is 1.73. The van der Waals surface area contributed by atoms with Gasteiger partial charge in [-0.25, -0.2) is 4.79 Å². The van der Waals surface area contributed by atoms with Gasteiger partial charge in [-0.05, 0) is 50.9 Å². The number of hydrogen-bond donors (Lipinski definition) is 3. The quantitative estimate of drug-likeness (QED) is 0.723. The highest BCUT2D eigenvalue weighted by atomic mass is 16.5. The van der Waals surface area contributed by atoms with Crippen LogP contribution in [0.1, 0.15) is 44.9 Å². The van der Waals surface area contributed by atoms with Crippen molar-refractivity contribution in [2.75, 3.05) is 13.7 Å². The Kier molecular flexibility index (Phi) is 5.45. The Labute approximate surface area is 115 Å². The van der Waals surface area contributed by atoms with Crippen LogP contribution in [0.2, 0.25) is 0 Å². The highest BCUT2D eigenvalue weighted by molar-refractivity contribution is 5.74. The van der Waals surface area contributed by atoms with Gasteiger partial charge in [0.2, 0.25) is 0 Å². The van der Waals surface area contributed by atoms with Crippen LogP contribution >= 0.6 is 0 Å². The zero-order valence-electron chi connectivity index (χ0n) is 11.7. The predicted octanol–water partition coefficient (Wildman–Crippen LogP) is 1.40. The number of aliphatic hydroxyl groups excluding tert-OH is 1. The Morgan fingerprint density at radius 3 is 2.79 bits per heavy atom. The van der Waals surface area contributed by atoms with E-state index in [-0.39, 0.29) is 24.3 Å². The first kappa shape index (κ1) is 14.6. The molecule has 0 aromatic rings. The summed E-state index contributed by atoms with van der Waals surface area (Å²) < 4.78 is 5.36. The van der Waals surface area contributed by atoms with Crippen molar-refractivity contribution in [2.24, 2.45) is 5.92 Å². The molecule has 4 atom stereocenters. The van der Waals surface area contributed by atoms with Crippen molar-refractivity contribution in [1.29, 1.82) is 0 Å². The number of urea groups is 1. The molecule has 3 N–H and O–H groups in total. The second kappa shape index (κ2) is 7.10. The Balaban J connectivity index is 1.63. The summed E-state index contributed by atoms with van der Waals surface area (Å²) in [5.41, 5.74) is 0. The van der Waals surface area contributed by atoms with E-state index in [1.165, 1.54) is 0 Å². The largest absolute Gasteiger partial charge is 0.393 e. The fraction of sp³-hybridized carbons (Fsp3) is 0.929. The molecule has 0 heterocycles. The van der Waals surface area contributed by atoms with Crippen molar-refractivity contribution in [1.82, 2.24) is 10.6 Å². The van der Waals surface area contributed by atoms with Gasteiger partial charge in [0, 0.05) is 19.7 Å². The molecule has 2 aliphatic carbocycles. The smallest absolute Gasteiger partial charge is 0.315 e. The maximum absolute atomic E-state index is 11.8. The summed E-state index contributed by atoms with van der Waals surface area (Å²) >= 11 is 0. The van der Waals surface area contributed by atoms with Gasteiger partial charge >= 0.3 is 6.03 Å². The molecule has 0 saturated heterocycles. The molecule has 110 valence electrons. The number of carbonyl (C=O) groups excluding carboxylic acids is 1. The van der Waals surface area contributed by atoms with E-state index in [1.807, 2.05) is 0 Å². The average molecular weight is 270 g/mol. The highest BCUT2D eigenvalue weighted by Crippen LogP contribution is 2.24. The molecule has 0 radical (unpaired) electrons. The van der Waals surface area contributed by atoms with Gasteiger partial charge in [0.1, 0.15) is 0 Å². The molecule has 0 aromatic carbocycles. The van der Waals surface area contributed by atoms with Crippen LogP contribution in [-0.2, 0) is 4.74 Å². The Bertz CT molecular complexity index is 298. The lowest BCUT2D eigenvalue weighted by Crippen LogP contribution is -2.46. The third-order valence-electron chi connectivity index (χ3n) is 4.36. The molecule has 5 heteroatoms. The van der Waals surface area contributed by atoms with E-state index in [2.05, 4.69) is 10.6 Å². The van der Waals surface area contributed by atoms with Crippen molar-refractivity contribution in [3.63, 3.8) is 0 Å². The van der Waals surface area contributed by atoms with Gasteiger partial charge < -0.3 is 20.5 Å². The second-order valence-corrected chi connectivity index (χ2v) is 5.91. The van der Waals surface area contributed by atoms with E-state index in [1.54, 1.807) is 7.11 Å². The van der Waals surface area contributed by atoms with Gasteiger partial charge in [-0.2, -0.15) is 0 Å². The van der Waals surface area contributed by atoms with E-state index in [4.69, 9.17) is 4.74 Å². The van der Waals surface area contributed by atoms with Gasteiger partial charge in [-0.3, -0.25) is 0 Å². The van der Waals surface area contributed by atoms with Crippen LogP contribution in [0.3, 0.4) is 0 Å². The standard InChI is InChI=1S/C14H26N2O3/c1-19-13-4-2-3-11(8-13)16-14(18)15-9-10-5-6-12(17)7-10/h10-13,17H,2-9H2,1H3,(H2,15,16,18)/t10-,11-,12-,13+/m0/s1. The topological polar surface area (TPSA) is 70.6 Å². The Morgan fingerprint density at radius 1 is 1.26 bits per heavy atom. The summed E-state index contributed by atoms with van der Waals surface area (Å²) in [6.07, 6.45) is 6.95. The zero-order valence-corrected chi connectivity index (χ0v) is 11.7. The van der Waals surface area contributed by atoms with E-state index >= 15 is 0 Å². The maximum atomic E-state index is 11.8. The first-order valence-electron chi connectivity index (χ1n) is 7.42. The molecule has 2 aliphatic rings. The molecule has 0 unspecified atom stereocenters. The second-order valence-electron chi connectivity index (χ2n) is 5.91. The number of nitrogens with one attached hydrogen (secondary N) is 2. The minimum absolute atomic E-state index is 0.0804. The lowest BCUT2D eigenvalue weighted by atomic mass is 9.93. The third kappa shape index (κ3) is 4.66. The summed E-state index contributed by atoms with van der Waals surface area (Å²) in [6.45, 7) is 0.670. The van der Waals surface area contributed by atoms with E-state index in [9.17, 15) is 9.90 Å². The lowest BCUT2D eigenvalue weighted by Gasteiger charge is -2.29. The molecule has 2 fully saturated rings. The number of aliphatic hydroxyl groups is 1. The summed E-state index contributed by atoms with van der Waals surface area (Å²) in [4.78, 5) is 11.8. The molecular weight excluding hydrogens is 244 g/mol. The number of amides is 2. The summed E-state index contributed by atoms with van der Waals surface area (Å²) in [6, 6.07) is 0.149. The van der Waals surface area contributed by atoms with E-state index < -0.39 is 0 Å². The summed E-state index contributed by atoms with van der Waals surface area (Å²) in [5, 5.41) is 15.4. The molecule has 2 rings (SSSR count). The van der Waals surface area contributed by atoms with Crippen molar-refractivity contribution >= 4 is 6.03 Å². The third-order valence-corrected chi connectivity index (χ3v) is 4.36. The van der Waals surface area contributed by atoms with Gasteiger partial charge in [-0.15, -0.1) is 0 Å². The van der Waals surface area contributed by atoms with Crippen LogP contribution in [0.4, 0.5) is 4.79 Å². The number of rotatable bonds is 4. The van der Waals surface area contributed by atoms with E-state index in [0.717, 1.165) is 44.9 Å². The molecule has 2 amide bonds. The van der Waals surface area contributed by atoms with Crippen LogP contribution in [0, 0.1) is 5.92 Å². The average Bonchev–Trinajstić information content (AvgIpc) is 2.82. The first-order chi connectivity index (χ1) is 9.17. The number of hydrogen-bond acceptors (Lipinski definition) is 3. The van der Waals surface area contributed by atoms with Gasteiger partial charge in [0.25, 0.3) is 0 Å². The van der Waals surface area contributed by atoms with Crippen molar-refractivity contribution in [2.45, 2.75) is 63.2 Å². The highest BCUT2D eigenvalue weighted by Gasteiger charge is 2.25. The predicted molar refractivity (Wildman–Crippen MR) is 72.9 cm³/mol.